The summed E-state index contributed by atoms with van der Waals surface area (Å²) in [6, 6.07) is 5.19. The number of hydrogen-bond donors (Lipinski definition) is 0. The maximum absolute atomic E-state index is 13.8. The van der Waals surface area contributed by atoms with E-state index in [1.807, 2.05) is 44.1 Å². The van der Waals surface area contributed by atoms with Crippen molar-refractivity contribution in [2.45, 2.75) is 25.4 Å². The van der Waals surface area contributed by atoms with Crippen LogP contribution in [0.2, 0.25) is 0 Å². The molecule has 2 aromatic heterocycles. The van der Waals surface area contributed by atoms with Crippen LogP contribution in [0.1, 0.15) is 12.2 Å². The summed E-state index contributed by atoms with van der Waals surface area (Å²) in [4.78, 5) is 4.49. The van der Waals surface area contributed by atoms with Gasteiger partial charge in [0, 0.05) is 31.5 Å². The lowest BCUT2D eigenvalue weighted by molar-refractivity contribution is 0.526. The Morgan fingerprint density at radius 1 is 1.29 bits per heavy atom. The second kappa shape index (κ2) is 6.31. The van der Waals surface area contributed by atoms with Crippen LogP contribution in [0.15, 0.2) is 30.6 Å². The number of halogens is 3. The van der Waals surface area contributed by atoms with Crippen LogP contribution in [0.5, 0.6) is 0 Å². The summed E-state index contributed by atoms with van der Waals surface area (Å²) >= 11 is 7.94. The molecule has 0 saturated carbocycles. The first-order valence-electron chi connectivity index (χ1n) is 6.56. The van der Waals surface area contributed by atoms with E-state index in [1.54, 1.807) is 12.3 Å². The molecule has 0 aliphatic rings. The van der Waals surface area contributed by atoms with Crippen LogP contribution in [-0.4, -0.2) is 19.3 Å². The number of aromatic nitrogens is 4. The van der Waals surface area contributed by atoms with Gasteiger partial charge in [-0.3, -0.25) is 4.68 Å². The summed E-state index contributed by atoms with van der Waals surface area (Å²) < 4.78 is 18.2. The highest BCUT2D eigenvalue weighted by molar-refractivity contribution is 14.1. The fourth-order valence-corrected chi connectivity index (χ4v) is 3.00. The summed E-state index contributed by atoms with van der Waals surface area (Å²) in [5, 5.41) is 4.17. The number of aryl methyl sites for hydroxylation is 2. The lowest BCUT2D eigenvalue weighted by atomic mass is 10.3. The van der Waals surface area contributed by atoms with E-state index >= 15 is 0 Å². The second-order valence-electron chi connectivity index (χ2n) is 4.69. The van der Waals surface area contributed by atoms with Gasteiger partial charge in [-0.15, -0.1) is 11.6 Å². The Morgan fingerprint density at radius 2 is 2.14 bits per heavy atom. The zero-order valence-electron chi connectivity index (χ0n) is 11.1. The van der Waals surface area contributed by atoms with Gasteiger partial charge < -0.3 is 4.57 Å². The predicted octanol–water partition coefficient (Wildman–Crippen LogP) is 3.81. The van der Waals surface area contributed by atoms with Crippen LogP contribution < -0.4 is 0 Å². The predicted molar refractivity (Wildman–Crippen MR) is 88.8 cm³/mol. The van der Waals surface area contributed by atoms with E-state index in [4.69, 9.17) is 11.6 Å². The van der Waals surface area contributed by atoms with Crippen molar-refractivity contribution in [3.63, 3.8) is 0 Å². The minimum absolute atomic E-state index is 0.225. The molecule has 1 aromatic carbocycles. The van der Waals surface area contributed by atoms with E-state index in [0.29, 0.717) is 9.45 Å². The molecule has 0 unspecified atom stereocenters. The highest BCUT2D eigenvalue weighted by Crippen LogP contribution is 2.23. The Morgan fingerprint density at radius 3 is 2.86 bits per heavy atom. The van der Waals surface area contributed by atoms with Crippen molar-refractivity contribution in [2.24, 2.45) is 0 Å². The van der Waals surface area contributed by atoms with Gasteiger partial charge in [0.25, 0.3) is 0 Å². The van der Waals surface area contributed by atoms with Crippen LogP contribution >= 0.6 is 34.2 Å². The molecule has 0 bridgehead atoms. The minimum atomic E-state index is -0.225. The number of alkyl halides is 1. The first-order chi connectivity index (χ1) is 10.2. The zero-order valence-corrected chi connectivity index (χ0v) is 14.1. The van der Waals surface area contributed by atoms with Crippen LogP contribution in [0.3, 0.4) is 0 Å². The highest BCUT2D eigenvalue weighted by atomic mass is 127. The average Bonchev–Trinajstić information content (AvgIpc) is 3.08. The number of benzene rings is 1. The molecule has 0 radical (unpaired) electrons. The van der Waals surface area contributed by atoms with E-state index in [9.17, 15) is 4.39 Å². The lowest BCUT2D eigenvalue weighted by Crippen LogP contribution is -2.07. The number of fused-ring (bicyclic) bond motifs is 1. The van der Waals surface area contributed by atoms with Crippen molar-refractivity contribution in [1.82, 2.24) is 19.3 Å². The van der Waals surface area contributed by atoms with Crippen molar-refractivity contribution in [3.05, 3.63) is 45.8 Å². The fraction of sp³-hybridized carbons (Fsp3) is 0.286. The van der Waals surface area contributed by atoms with E-state index < -0.39 is 0 Å². The normalized spacial score (nSPS) is 11.4. The van der Waals surface area contributed by atoms with E-state index in [2.05, 4.69) is 10.1 Å². The number of hydrogen-bond acceptors (Lipinski definition) is 2. The summed E-state index contributed by atoms with van der Waals surface area (Å²) in [6.07, 6.45) is 4.56. The standard InChI is InChI=1S/C14H13ClFIN4/c15-9-14-19-12-8-11(17)10(16)7-13(12)21(14)6-2-5-20-4-1-3-18-20/h1,3-4,7-8H,2,5-6,9H2. The summed E-state index contributed by atoms with van der Waals surface area (Å²) in [5.74, 6) is 0.861. The van der Waals surface area contributed by atoms with E-state index in [-0.39, 0.29) is 5.82 Å². The van der Waals surface area contributed by atoms with Gasteiger partial charge >= 0.3 is 0 Å². The Kier molecular flexibility index (Phi) is 4.44. The van der Waals surface area contributed by atoms with Crippen molar-refractivity contribution in [2.75, 3.05) is 0 Å². The van der Waals surface area contributed by atoms with Crippen molar-refractivity contribution >= 4 is 45.2 Å². The molecule has 4 nitrogen and oxygen atoms in total. The van der Waals surface area contributed by atoms with Crippen LogP contribution in [0, 0.1) is 9.39 Å². The summed E-state index contributed by atoms with van der Waals surface area (Å²) in [5.41, 5.74) is 1.58. The molecule has 7 heteroatoms. The largest absolute Gasteiger partial charge is 0.327 e. The number of rotatable bonds is 5. The maximum atomic E-state index is 13.8. The van der Waals surface area contributed by atoms with Crippen molar-refractivity contribution in [3.8, 4) is 0 Å². The molecule has 0 amide bonds. The third-order valence-corrected chi connectivity index (χ3v) is 4.38. The highest BCUT2D eigenvalue weighted by Gasteiger charge is 2.12. The second-order valence-corrected chi connectivity index (χ2v) is 6.12. The molecule has 3 aromatic rings. The number of imidazole rings is 1. The molecule has 2 heterocycles. The molecule has 3 rings (SSSR count). The van der Waals surface area contributed by atoms with Gasteiger partial charge in [0.1, 0.15) is 11.6 Å². The average molecular weight is 419 g/mol. The zero-order chi connectivity index (χ0) is 14.8. The van der Waals surface area contributed by atoms with E-state index in [0.717, 1.165) is 36.4 Å². The summed E-state index contributed by atoms with van der Waals surface area (Å²) in [6.45, 7) is 1.54. The minimum Gasteiger partial charge on any atom is -0.327 e. The molecule has 21 heavy (non-hydrogen) atoms. The van der Waals surface area contributed by atoms with Crippen LogP contribution in [-0.2, 0) is 19.0 Å². The molecular formula is C14H13ClFIN4. The quantitative estimate of drug-likeness (QED) is 0.467. The molecule has 0 saturated heterocycles. The molecule has 0 spiro atoms. The van der Waals surface area contributed by atoms with Gasteiger partial charge in [-0.25, -0.2) is 9.37 Å². The van der Waals surface area contributed by atoms with Gasteiger partial charge in [-0.05, 0) is 41.1 Å². The summed E-state index contributed by atoms with van der Waals surface area (Å²) in [7, 11) is 0. The third kappa shape index (κ3) is 3.06. The molecule has 0 fully saturated rings. The Bertz CT molecular complexity index is 754. The molecule has 110 valence electrons. The van der Waals surface area contributed by atoms with E-state index in [1.165, 1.54) is 6.07 Å². The van der Waals surface area contributed by atoms with Gasteiger partial charge in [-0.2, -0.15) is 5.10 Å². The molecule has 0 aliphatic carbocycles. The van der Waals surface area contributed by atoms with Gasteiger partial charge in [0.15, 0.2) is 0 Å². The van der Waals surface area contributed by atoms with Gasteiger partial charge in [0.2, 0.25) is 0 Å². The van der Waals surface area contributed by atoms with Crippen molar-refractivity contribution in [1.29, 1.82) is 0 Å². The Hall–Kier alpha value is -1.15. The topological polar surface area (TPSA) is 35.6 Å². The van der Waals surface area contributed by atoms with Crippen LogP contribution in [0.25, 0.3) is 11.0 Å². The molecule has 0 atom stereocenters. The Balaban J connectivity index is 1.87. The van der Waals surface area contributed by atoms with Crippen LogP contribution in [0.4, 0.5) is 4.39 Å². The SMILES string of the molecule is Fc1cc2c(cc1I)nc(CCl)n2CCCn1cccn1. The van der Waals surface area contributed by atoms with Gasteiger partial charge in [-0.1, -0.05) is 0 Å². The smallest absolute Gasteiger partial charge is 0.138 e. The maximum Gasteiger partial charge on any atom is 0.138 e. The monoisotopic (exact) mass is 418 g/mol. The fourth-order valence-electron chi connectivity index (χ4n) is 2.35. The third-order valence-electron chi connectivity index (χ3n) is 3.32. The Labute approximate surface area is 140 Å². The lowest BCUT2D eigenvalue weighted by Gasteiger charge is -2.08. The molecule has 0 aliphatic heterocycles. The molecule has 0 N–H and O–H groups in total. The first-order valence-corrected chi connectivity index (χ1v) is 8.18. The van der Waals surface area contributed by atoms with Gasteiger partial charge in [0.05, 0.1) is 20.5 Å². The molecular weight excluding hydrogens is 406 g/mol. The first kappa shape index (κ1) is 14.8. The number of nitrogens with zero attached hydrogens (tertiary/aromatic N) is 4. The van der Waals surface area contributed by atoms with Crippen molar-refractivity contribution < 1.29 is 4.39 Å².